The molecule has 4 nitrogen and oxygen atoms in total. The fourth-order valence-electron chi connectivity index (χ4n) is 2.05. The van der Waals surface area contributed by atoms with E-state index in [0.29, 0.717) is 18.0 Å². The van der Waals surface area contributed by atoms with Crippen molar-refractivity contribution < 1.29 is 14.7 Å². The molecule has 1 amide bonds. The third-order valence-electron chi connectivity index (χ3n) is 3.62. The molecule has 0 fully saturated rings. The molecule has 1 aromatic heterocycles. The highest BCUT2D eigenvalue weighted by Crippen LogP contribution is 2.29. The van der Waals surface area contributed by atoms with E-state index in [4.69, 9.17) is 16.7 Å². The maximum absolute atomic E-state index is 12.0. The SMILES string of the molecule is CC(C)(CCNC(=O)Cc1csc2ccc(Cl)cc12)C(=O)O. The first-order chi connectivity index (χ1) is 10.3. The number of hydrogen-bond acceptors (Lipinski definition) is 3. The Hall–Kier alpha value is -1.59. The lowest BCUT2D eigenvalue weighted by Crippen LogP contribution is -2.32. The monoisotopic (exact) mass is 339 g/mol. The van der Waals surface area contributed by atoms with Gasteiger partial charge in [-0.1, -0.05) is 11.6 Å². The van der Waals surface area contributed by atoms with Crippen LogP contribution in [-0.2, 0) is 16.0 Å². The predicted molar refractivity (Wildman–Crippen MR) is 89.6 cm³/mol. The van der Waals surface area contributed by atoms with Crippen LogP contribution in [0.3, 0.4) is 0 Å². The Morgan fingerprint density at radius 3 is 2.77 bits per heavy atom. The van der Waals surface area contributed by atoms with Crippen LogP contribution < -0.4 is 5.32 Å². The summed E-state index contributed by atoms with van der Waals surface area (Å²) in [5, 5.41) is 15.4. The summed E-state index contributed by atoms with van der Waals surface area (Å²) >= 11 is 7.58. The van der Waals surface area contributed by atoms with E-state index in [1.807, 2.05) is 23.6 Å². The number of amides is 1. The highest BCUT2D eigenvalue weighted by Gasteiger charge is 2.26. The predicted octanol–water partition coefficient (Wildman–Crippen LogP) is 3.71. The Bertz CT molecular complexity index is 708. The van der Waals surface area contributed by atoms with Crippen molar-refractivity contribution in [2.24, 2.45) is 5.41 Å². The molecular formula is C16H18ClNO3S. The average molecular weight is 340 g/mol. The fourth-order valence-corrected chi connectivity index (χ4v) is 3.16. The van der Waals surface area contributed by atoms with E-state index in [0.717, 1.165) is 15.6 Å². The molecule has 0 saturated heterocycles. The molecule has 1 heterocycles. The molecule has 0 saturated carbocycles. The van der Waals surface area contributed by atoms with Crippen LogP contribution in [-0.4, -0.2) is 23.5 Å². The first kappa shape index (κ1) is 16.8. The fraction of sp³-hybridized carbons (Fsp3) is 0.375. The zero-order valence-electron chi connectivity index (χ0n) is 12.5. The van der Waals surface area contributed by atoms with Gasteiger partial charge in [-0.2, -0.15) is 0 Å². The highest BCUT2D eigenvalue weighted by molar-refractivity contribution is 7.17. The van der Waals surface area contributed by atoms with Crippen LogP contribution in [0.15, 0.2) is 23.6 Å². The normalized spacial score (nSPS) is 11.6. The van der Waals surface area contributed by atoms with Gasteiger partial charge in [-0.3, -0.25) is 9.59 Å². The Labute approximate surface area is 138 Å². The van der Waals surface area contributed by atoms with Crippen molar-refractivity contribution in [2.45, 2.75) is 26.7 Å². The topological polar surface area (TPSA) is 66.4 Å². The number of carboxylic acids is 1. The molecular weight excluding hydrogens is 322 g/mol. The second kappa shape index (κ2) is 6.67. The van der Waals surface area contributed by atoms with Gasteiger partial charge in [0.1, 0.15) is 0 Å². The molecule has 2 N–H and O–H groups in total. The first-order valence-electron chi connectivity index (χ1n) is 6.95. The minimum atomic E-state index is -0.861. The number of fused-ring (bicyclic) bond motifs is 1. The van der Waals surface area contributed by atoms with Gasteiger partial charge in [0.05, 0.1) is 11.8 Å². The minimum Gasteiger partial charge on any atom is -0.481 e. The minimum absolute atomic E-state index is 0.110. The molecule has 0 spiro atoms. The number of rotatable bonds is 6. The van der Waals surface area contributed by atoms with Crippen LogP contribution in [0.5, 0.6) is 0 Å². The van der Waals surface area contributed by atoms with Crippen molar-refractivity contribution >= 4 is 44.9 Å². The van der Waals surface area contributed by atoms with E-state index in [2.05, 4.69) is 5.32 Å². The molecule has 2 aromatic rings. The first-order valence-corrected chi connectivity index (χ1v) is 8.21. The third-order valence-corrected chi connectivity index (χ3v) is 4.87. The lowest BCUT2D eigenvalue weighted by atomic mass is 9.90. The molecule has 2 rings (SSSR count). The molecule has 1 aromatic carbocycles. The number of benzene rings is 1. The summed E-state index contributed by atoms with van der Waals surface area (Å²) in [4.78, 5) is 23.0. The number of carbonyl (C=O) groups is 2. The van der Waals surface area contributed by atoms with E-state index >= 15 is 0 Å². The standard InChI is InChI=1S/C16H18ClNO3S/c1-16(2,15(20)21)5-6-18-14(19)7-10-9-22-13-4-3-11(17)8-12(10)13/h3-4,8-9H,5-7H2,1-2H3,(H,18,19)(H,20,21). The molecule has 0 aliphatic rings. The number of halogens is 1. The van der Waals surface area contributed by atoms with Crippen molar-refractivity contribution in [3.05, 3.63) is 34.2 Å². The maximum atomic E-state index is 12.0. The van der Waals surface area contributed by atoms with Crippen LogP contribution >= 0.6 is 22.9 Å². The van der Waals surface area contributed by atoms with E-state index in [1.54, 1.807) is 25.2 Å². The Kier molecular flexibility index (Phi) is 5.08. The number of carbonyl (C=O) groups excluding carboxylic acids is 1. The molecule has 0 radical (unpaired) electrons. The van der Waals surface area contributed by atoms with Crippen LogP contribution in [0.25, 0.3) is 10.1 Å². The molecule has 0 bridgehead atoms. The number of carboxylic acid groups (broad SMARTS) is 1. The Morgan fingerprint density at radius 2 is 2.09 bits per heavy atom. The van der Waals surface area contributed by atoms with Crippen molar-refractivity contribution in [2.75, 3.05) is 6.54 Å². The summed E-state index contributed by atoms with van der Waals surface area (Å²) in [6.07, 6.45) is 0.665. The highest BCUT2D eigenvalue weighted by atomic mass is 35.5. The quantitative estimate of drug-likeness (QED) is 0.843. The van der Waals surface area contributed by atoms with Gasteiger partial charge in [0, 0.05) is 16.3 Å². The van der Waals surface area contributed by atoms with Crippen molar-refractivity contribution in [3.8, 4) is 0 Å². The number of aliphatic carboxylic acids is 1. The summed E-state index contributed by atoms with van der Waals surface area (Å²) in [6.45, 7) is 3.65. The third kappa shape index (κ3) is 3.99. The second-order valence-corrected chi connectivity index (χ2v) is 7.21. The zero-order valence-corrected chi connectivity index (χ0v) is 14.1. The summed E-state index contributed by atoms with van der Waals surface area (Å²) in [6, 6.07) is 5.64. The Balaban J connectivity index is 1.94. The largest absolute Gasteiger partial charge is 0.481 e. The van der Waals surface area contributed by atoms with Crippen LogP contribution in [0.2, 0.25) is 5.02 Å². The number of thiophene rings is 1. The summed E-state index contributed by atoms with van der Waals surface area (Å²) in [5.41, 5.74) is 0.105. The second-order valence-electron chi connectivity index (χ2n) is 5.87. The molecule has 118 valence electrons. The molecule has 0 aliphatic heterocycles. The smallest absolute Gasteiger partial charge is 0.309 e. The van der Waals surface area contributed by atoms with Crippen molar-refractivity contribution in [1.82, 2.24) is 5.32 Å². The zero-order chi connectivity index (χ0) is 16.3. The van der Waals surface area contributed by atoms with E-state index in [9.17, 15) is 9.59 Å². The van der Waals surface area contributed by atoms with Gasteiger partial charge in [-0.25, -0.2) is 0 Å². The Morgan fingerprint density at radius 1 is 1.36 bits per heavy atom. The number of nitrogens with one attached hydrogen (secondary N) is 1. The van der Waals surface area contributed by atoms with Crippen molar-refractivity contribution in [3.63, 3.8) is 0 Å². The van der Waals surface area contributed by atoms with Gasteiger partial charge in [0.15, 0.2) is 0 Å². The maximum Gasteiger partial charge on any atom is 0.309 e. The average Bonchev–Trinajstić information content (AvgIpc) is 2.81. The lowest BCUT2D eigenvalue weighted by molar-refractivity contribution is -0.147. The van der Waals surface area contributed by atoms with Gasteiger partial charge in [-0.15, -0.1) is 11.3 Å². The van der Waals surface area contributed by atoms with Crippen LogP contribution in [0, 0.1) is 5.41 Å². The lowest BCUT2D eigenvalue weighted by Gasteiger charge is -2.18. The summed E-state index contributed by atoms with van der Waals surface area (Å²) in [5.74, 6) is -0.971. The molecule has 0 aliphatic carbocycles. The van der Waals surface area contributed by atoms with Gasteiger partial charge in [0.25, 0.3) is 0 Å². The summed E-state index contributed by atoms with van der Waals surface area (Å²) < 4.78 is 1.10. The van der Waals surface area contributed by atoms with Gasteiger partial charge in [-0.05, 0) is 54.8 Å². The molecule has 0 atom stereocenters. The van der Waals surface area contributed by atoms with Crippen molar-refractivity contribution in [1.29, 1.82) is 0 Å². The van der Waals surface area contributed by atoms with E-state index in [1.165, 1.54) is 0 Å². The number of hydrogen-bond donors (Lipinski definition) is 2. The van der Waals surface area contributed by atoms with Gasteiger partial charge >= 0.3 is 5.97 Å². The molecule has 0 unspecified atom stereocenters. The van der Waals surface area contributed by atoms with Gasteiger partial charge in [0.2, 0.25) is 5.91 Å². The van der Waals surface area contributed by atoms with E-state index < -0.39 is 11.4 Å². The molecule has 22 heavy (non-hydrogen) atoms. The van der Waals surface area contributed by atoms with E-state index in [-0.39, 0.29) is 12.3 Å². The van der Waals surface area contributed by atoms with Gasteiger partial charge < -0.3 is 10.4 Å². The van der Waals surface area contributed by atoms with Crippen LogP contribution in [0.1, 0.15) is 25.8 Å². The van der Waals surface area contributed by atoms with Crippen LogP contribution in [0.4, 0.5) is 0 Å². The summed E-state index contributed by atoms with van der Waals surface area (Å²) in [7, 11) is 0. The molecule has 6 heteroatoms.